The van der Waals surface area contributed by atoms with Gasteiger partial charge in [-0.25, -0.2) is 4.57 Å². The van der Waals surface area contributed by atoms with E-state index in [-0.39, 0.29) is 26.1 Å². The van der Waals surface area contributed by atoms with Crippen LogP contribution in [0.5, 0.6) is 0 Å². The molecule has 3 unspecified atom stereocenters. The second-order valence-electron chi connectivity index (χ2n) is 16.7. The Morgan fingerprint density at radius 1 is 0.750 bits per heavy atom. The number of likely N-dealkylation sites (N-methyl/N-ethyl adjacent to an activating group) is 1. The predicted octanol–water partition coefficient (Wildman–Crippen LogP) is 10.4. The Balaban J connectivity index is 1.64. The number of rotatable bonds is 35. The van der Waals surface area contributed by atoms with Crippen LogP contribution in [-0.4, -0.2) is 87.1 Å². The summed E-state index contributed by atoms with van der Waals surface area (Å²) in [7, 11) is 1.43. The summed E-state index contributed by atoms with van der Waals surface area (Å²) >= 11 is 0. The number of carbonyl (C=O) groups excluding carboxylic acids is 2. The van der Waals surface area contributed by atoms with E-state index in [0.717, 1.165) is 101 Å². The second-order valence-corrected chi connectivity index (χ2v) is 18.2. The van der Waals surface area contributed by atoms with Gasteiger partial charge in [-0.3, -0.25) is 18.6 Å². The molecule has 2 heterocycles. The van der Waals surface area contributed by atoms with Gasteiger partial charge < -0.3 is 28.0 Å². The summed E-state index contributed by atoms with van der Waals surface area (Å²) in [5.41, 5.74) is 2.58. The third kappa shape index (κ3) is 24.0. The van der Waals surface area contributed by atoms with Crippen molar-refractivity contribution in [3.63, 3.8) is 0 Å². The van der Waals surface area contributed by atoms with Crippen molar-refractivity contribution in [3.05, 3.63) is 34.8 Å². The molecule has 0 amide bonds. The smallest absolute Gasteiger partial charge is 0.466 e. The molecule has 12 heteroatoms. The van der Waals surface area contributed by atoms with Crippen LogP contribution in [0, 0.1) is 13.8 Å². The minimum atomic E-state index is -4.39. The van der Waals surface area contributed by atoms with E-state index in [1.54, 1.807) is 0 Å². The monoisotopic (exact) mass is 813 g/mol. The molecule has 1 aromatic rings. The number of unbranched alkanes of at least 4 members (excludes halogenated alkanes) is 12. The van der Waals surface area contributed by atoms with Gasteiger partial charge in [-0.1, -0.05) is 90.2 Å². The Hall–Kier alpha value is -2.01. The normalized spacial score (nSPS) is 17.3. The minimum Gasteiger partial charge on any atom is -0.466 e. The fraction of sp³-hybridized carbons (Fsp3) is 0.818. The number of quaternary nitrogens is 1. The topological polar surface area (TPSA) is 134 Å². The van der Waals surface area contributed by atoms with E-state index >= 15 is 0 Å². The molecule has 11 nitrogen and oxygen atoms in total. The second kappa shape index (κ2) is 28.4. The largest absolute Gasteiger partial charge is 0.472 e. The maximum absolute atomic E-state index is 12.7. The molecule has 56 heavy (non-hydrogen) atoms. The lowest BCUT2D eigenvalue weighted by Gasteiger charge is -2.24. The lowest BCUT2D eigenvalue weighted by molar-refractivity contribution is -0.870. The molecule has 0 spiro atoms. The van der Waals surface area contributed by atoms with Gasteiger partial charge in [0.25, 0.3) is 0 Å². The number of esters is 2. The van der Waals surface area contributed by atoms with Crippen molar-refractivity contribution in [3.8, 4) is 0 Å². The maximum Gasteiger partial charge on any atom is 0.472 e. The molecule has 0 aliphatic carbocycles. The van der Waals surface area contributed by atoms with Crippen LogP contribution in [0.25, 0.3) is 0 Å². The van der Waals surface area contributed by atoms with Gasteiger partial charge in [0.1, 0.15) is 31.3 Å². The molecule has 1 aliphatic heterocycles. The van der Waals surface area contributed by atoms with Crippen LogP contribution in [-0.2, 0) is 50.3 Å². The van der Waals surface area contributed by atoms with E-state index in [1.165, 1.54) is 36.8 Å². The van der Waals surface area contributed by atoms with Gasteiger partial charge >= 0.3 is 19.8 Å². The Bertz CT molecular complexity index is 1310. The fourth-order valence-electron chi connectivity index (χ4n) is 6.60. The van der Waals surface area contributed by atoms with Gasteiger partial charge in [-0.05, 0) is 76.3 Å². The SMILES string of the molecule is CCCCCC1OC1C/C=C\CCCCCCCC(=O)O[C@H](COC(=O)CCCCCCCCc1oc(CCC)c(C)c1C)COP(=O)(O)OCC[N+](C)(C)C. The summed E-state index contributed by atoms with van der Waals surface area (Å²) in [5, 5.41) is 0. The number of aryl methyl sites for hydroxylation is 2. The third-order valence-electron chi connectivity index (χ3n) is 10.4. The third-order valence-corrected chi connectivity index (χ3v) is 11.4. The Labute approximate surface area is 339 Å². The van der Waals surface area contributed by atoms with Crippen molar-refractivity contribution in [1.82, 2.24) is 0 Å². The van der Waals surface area contributed by atoms with Crippen LogP contribution >= 0.6 is 7.82 Å². The number of furan rings is 1. The van der Waals surface area contributed by atoms with E-state index in [1.807, 2.05) is 21.1 Å². The van der Waals surface area contributed by atoms with Crippen molar-refractivity contribution in [2.24, 2.45) is 0 Å². The average molecular weight is 813 g/mol. The number of carbonyl (C=O) groups is 2. The van der Waals surface area contributed by atoms with Crippen molar-refractivity contribution >= 4 is 19.8 Å². The van der Waals surface area contributed by atoms with Gasteiger partial charge in [-0.2, -0.15) is 0 Å². The first kappa shape index (κ1) is 50.1. The number of hydrogen-bond acceptors (Lipinski definition) is 9. The highest BCUT2D eigenvalue weighted by Crippen LogP contribution is 2.43. The molecule has 0 bridgehead atoms. The average Bonchev–Trinajstić information content (AvgIpc) is 3.84. The van der Waals surface area contributed by atoms with Crippen LogP contribution in [0.3, 0.4) is 0 Å². The highest BCUT2D eigenvalue weighted by atomic mass is 31.2. The molecule has 324 valence electrons. The Morgan fingerprint density at radius 2 is 1.38 bits per heavy atom. The van der Waals surface area contributed by atoms with E-state index < -0.39 is 32.5 Å². The molecular formula is C44H79NO10P+. The first-order chi connectivity index (χ1) is 26.7. The van der Waals surface area contributed by atoms with Gasteiger partial charge in [0.05, 0.1) is 40.0 Å². The molecule has 0 saturated carbocycles. The highest BCUT2D eigenvalue weighted by Gasteiger charge is 2.36. The zero-order valence-corrected chi connectivity index (χ0v) is 37.2. The maximum atomic E-state index is 12.7. The van der Waals surface area contributed by atoms with Crippen molar-refractivity contribution < 1.29 is 51.2 Å². The first-order valence-corrected chi connectivity index (χ1v) is 23.4. The van der Waals surface area contributed by atoms with E-state index in [2.05, 4.69) is 39.8 Å². The number of phosphoric ester groups is 1. The standard InChI is InChI=1S/C44H78NO10P/c1-8-10-21-28-41-42(55-41)29-23-18-13-11-12-14-20-25-31-44(47)53-38(35-52-56(48,49)51-33-32-45(5,6)7)34-50-43(46)30-24-19-16-15-17-22-27-40-37(4)36(3)39(54-40)26-9-2/h18,23,38,41-42H,8-17,19-22,24-35H2,1-7H3/p+1/b23-18-/t38-,41?,42?/m1/s1. The zero-order chi connectivity index (χ0) is 41.2. The molecule has 0 aromatic carbocycles. The molecule has 1 aliphatic rings. The van der Waals surface area contributed by atoms with Crippen molar-refractivity contribution in [2.45, 2.75) is 187 Å². The summed E-state index contributed by atoms with van der Waals surface area (Å²) in [6.07, 6.45) is 25.7. The fourth-order valence-corrected chi connectivity index (χ4v) is 7.34. The highest BCUT2D eigenvalue weighted by molar-refractivity contribution is 7.47. The number of nitrogens with zero attached hydrogens (tertiary/aromatic N) is 1. The molecule has 1 fully saturated rings. The molecule has 1 saturated heterocycles. The van der Waals surface area contributed by atoms with Crippen molar-refractivity contribution in [2.75, 3.05) is 47.5 Å². The molecular weight excluding hydrogens is 733 g/mol. The first-order valence-electron chi connectivity index (χ1n) is 21.9. The van der Waals surface area contributed by atoms with Crippen molar-refractivity contribution in [1.29, 1.82) is 0 Å². The summed E-state index contributed by atoms with van der Waals surface area (Å²) < 4.78 is 46.2. The summed E-state index contributed by atoms with van der Waals surface area (Å²) in [6.45, 7) is 8.54. The van der Waals surface area contributed by atoms with Gasteiger partial charge in [0.15, 0.2) is 6.10 Å². The Morgan fingerprint density at radius 3 is 2.04 bits per heavy atom. The summed E-state index contributed by atoms with van der Waals surface area (Å²) in [5.74, 6) is 1.39. The van der Waals surface area contributed by atoms with Crippen LogP contribution in [0.1, 0.15) is 165 Å². The number of allylic oxidation sites excluding steroid dienone is 1. The lowest BCUT2D eigenvalue weighted by atomic mass is 10.0. The summed E-state index contributed by atoms with van der Waals surface area (Å²) in [6, 6.07) is 0. The quantitative estimate of drug-likeness (QED) is 0.0176. The summed E-state index contributed by atoms with van der Waals surface area (Å²) in [4.78, 5) is 35.5. The zero-order valence-electron chi connectivity index (χ0n) is 36.3. The molecule has 1 N–H and O–H groups in total. The molecule has 4 atom stereocenters. The Kier molecular flexibility index (Phi) is 25.4. The van der Waals surface area contributed by atoms with Crippen LogP contribution in [0.15, 0.2) is 16.6 Å². The van der Waals surface area contributed by atoms with Crippen LogP contribution in [0.2, 0.25) is 0 Å². The predicted molar refractivity (Wildman–Crippen MR) is 223 cm³/mol. The number of hydrogen-bond donors (Lipinski definition) is 1. The molecule has 0 radical (unpaired) electrons. The lowest BCUT2D eigenvalue weighted by Crippen LogP contribution is -2.37. The van der Waals surface area contributed by atoms with E-state index in [0.29, 0.717) is 36.1 Å². The van der Waals surface area contributed by atoms with Gasteiger partial charge in [-0.15, -0.1) is 0 Å². The van der Waals surface area contributed by atoms with E-state index in [9.17, 15) is 19.0 Å². The molecule has 1 aromatic heterocycles. The number of phosphoric acid groups is 1. The number of epoxide rings is 1. The van der Waals surface area contributed by atoms with E-state index in [4.69, 9.17) is 27.7 Å². The van der Waals surface area contributed by atoms with Crippen LogP contribution in [0.4, 0.5) is 0 Å². The minimum absolute atomic E-state index is 0.0191. The number of ether oxygens (including phenoxy) is 3. The van der Waals surface area contributed by atoms with Crippen LogP contribution < -0.4 is 0 Å². The molecule has 2 rings (SSSR count). The van der Waals surface area contributed by atoms with Gasteiger partial charge in [0, 0.05) is 25.7 Å². The van der Waals surface area contributed by atoms with Gasteiger partial charge in [0.2, 0.25) is 0 Å².